The summed E-state index contributed by atoms with van der Waals surface area (Å²) in [5.74, 6) is -0.188. The topological polar surface area (TPSA) is 96.7 Å². The number of nitrogens with zero attached hydrogens (tertiary/aromatic N) is 3. The standard InChI is InChI=1S/C9H13N3O4/c1-5-4-11(14)7-3-2-6-8(9(5,7)13)10-16-12(6)15/h5,7,13-14H,2-4H2,1H3/t5-,7+,9-/m1/s1. The molecule has 0 amide bonds. The van der Waals surface area contributed by atoms with Gasteiger partial charge in [-0.25, -0.2) is 0 Å². The summed E-state index contributed by atoms with van der Waals surface area (Å²) in [7, 11) is 0. The van der Waals surface area contributed by atoms with E-state index in [1.165, 1.54) is 0 Å². The molecule has 3 rings (SSSR count). The Morgan fingerprint density at radius 2 is 2.44 bits per heavy atom. The Morgan fingerprint density at radius 3 is 3.19 bits per heavy atom. The van der Waals surface area contributed by atoms with Crippen molar-refractivity contribution >= 4 is 0 Å². The van der Waals surface area contributed by atoms with Crippen molar-refractivity contribution in [2.24, 2.45) is 5.92 Å². The summed E-state index contributed by atoms with van der Waals surface area (Å²) < 4.78 is 4.53. The Bertz CT molecular complexity index is 434. The van der Waals surface area contributed by atoms with Crippen LogP contribution < -0.4 is 4.90 Å². The molecule has 2 N–H and O–H groups in total. The molecule has 0 bridgehead atoms. The zero-order valence-corrected chi connectivity index (χ0v) is 8.83. The van der Waals surface area contributed by atoms with Crippen molar-refractivity contribution in [3.05, 3.63) is 16.6 Å². The minimum atomic E-state index is -1.28. The van der Waals surface area contributed by atoms with Gasteiger partial charge in [-0.2, -0.15) is 5.06 Å². The van der Waals surface area contributed by atoms with Crippen LogP contribution in [-0.2, 0) is 12.0 Å². The first-order chi connectivity index (χ1) is 7.55. The van der Waals surface area contributed by atoms with Gasteiger partial charge in [0.2, 0.25) is 5.69 Å². The van der Waals surface area contributed by atoms with Gasteiger partial charge >= 0.3 is 0 Å². The summed E-state index contributed by atoms with van der Waals surface area (Å²) in [5.41, 5.74) is -0.620. The second-order valence-electron chi connectivity index (χ2n) is 4.63. The van der Waals surface area contributed by atoms with E-state index in [9.17, 15) is 15.5 Å². The highest BCUT2D eigenvalue weighted by Crippen LogP contribution is 2.45. The summed E-state index contributed by atoms with van der Waals surface area (Å²) in [4.78, 5) is 0.344. The highest BCUT2D eigenvalue weighted by atomic mass is 16.8. The monoisotopic (exact) mass is 227 g/mol. The first-order valence-corrected chi connectivity index (χ1v) is 5.32. The lowest BCUT2D eigenvalue weighted by Crippen LogP contribution is -2.49. The maximum atomic E-state index is 11.3. The molecule has 1 saturated heterocycles. The van der Waals surface area contributed by atoms with Gasteiger partial charge in [0.05, 0.1) is 6.04 Å². The fraction of sp³-hybridized carbons (Fsp3) is 0.778. The Balaban J connectivity index is 2.16. The van der Waals surface area contributed by atoms with Crippen LogP contribution in [0.4, 0.5) is 0 Å². The average molecular weight is 227 g/mol. The van der Waals surface area contributed by atoms with E-state index in [0.717, 1.165) is 5.06 Å². The zero-order valence-electron chi connectivity index (χ0n) is 8.83. The summed E-state index contributed by atoms with van der Waals surface area (Å²) in [6.45, 7) is 2.19. The Morgan fingerprint density at radius 1 is 1.69 bits per heavy atom. The molecular formula is C9H13N3O4. The van der Waals surface area contributed by atoms with Gasteiger partial charge in [0.1, 0.15) is 0 Å². The number of aromatic nitrogens is 2. The predicted molar refractivity (Wildman–Crippen MR) is 49.1 cm³/mol. The van der Waals surface area contributed by atoms with Crippen LogP contribution >= 0.6 is 0 Å². The first kappa shape index (κ1) is 10.0. The molecule has 0 aromatic carbocycles. The van der Waals surface area contributed by atoms with Crippen molar-refractivity contribution in [1.29, 1.82) is 0 Å². The van der Waals surface area contributed by atoms with Crippen LogP contribution in [0.5, 0.6) is 0 Å². The van der Waals surface area contributed by atoms with Crippen LogP contribution in [0, 0.1) is 11.1 Å². The highest BCUT2D eigenvalue weighted by Gasteiger charge is 2.60. The molecule has 1 aliphatic carbocycles. The molecule has 3 atom stereocenters. The fourth-order valence-corrected chi connectivity index (χ4v) is 2.92. The van der Waals surface area contributed by atoms with E-state index in [1.54, 1.807) is 0 Å². The molecule has 7 nitrogen and oxygen atoms in total. The van der Waals surface area contributed by atoms with Gasteiger partial charge in [0.15, 0.2) is 5.60 Å². The second kappa shape index (κ2) is 2.93. The molecule has 0 unspecified atom stereocenters. The lowest BCUT2D eigenvalue weighted by molar-refractivity contribution is -0.808. The Labute approximate surface area is 91.4 Å². The largest absolute Gasteiger partial charge is 0.379 e. The number of hydrogen-bond acceptors (Lipinski definition) is 6. The molecule has 0 radical (unpaired) electrons. The SMILES string of the molecule is C[C@@H]1CN(O)[C@H]2CCc3c(no[n+]3[O-])[C@@]12O. The van der Waals surface area contributed by atoms with Crippen molar-refractivity contribution in [2.75, 3.05) is 6.54 Å². The lowest BCUT2D eigenvalue weighted by atomic mass is 9.76. The van der Waals surface area contributed by atoms with Crippen LogP contribution in [0.1, 0.15) is 24.7 Å². The molecule has 2 aliphatic rings. The molecule has 16 heavy (non-hydrogen) atoms. The number of hydrogen-bond donors (Lipinski definition) is 2. The van der Waals surface area contributed by atoms with Crippen molar-refractivity contribution in [1.82, 2.24) is 10.2 Å². The van der Waals surface area contributed by atoms with Gasteiger partial charge in [-0.05, 0) is 11.3 Å². The van der Waals surface area contributed by atoms with E-state index >= 15 is 0 Å². The van der Waals surface area contributed by atoms with Crippen LogP contribution in [0.2, 0.25) is 0 Å². The zero-order chi connectivity index (χ0) is 11.5. The third kappa shape index (κ3) is 0.977. The summed E-state index contributed by atoms with van der Waals surface area (Å²) in [5, 5.41) is 36.4. The molecule has 88 valence electrons. The molecular weight excluding hydrogens is 214 g/mol. The Hall–Kier alpha value is -1.18. The molecule has 0 saturated carbocycles. The van der Waals surface area contributed by atoms with E-state index in [2.05, 4.69) is 9.79 Å². The summed E-state index contributed by atoms with van der Waals surface area (Å²) in [6.07, 6.45) is 0.979. The van der Waals surface area contributed by atoms with E-state index in [4.69, 9.17) is 0 Å². The van der Waals surface area contributed by atoms with Crippen molar-refractivity contribution in [2.45, 2.75) is 31.4 Å². The average Bonchev–Trinajstić information content (AvgIpc) is 2.70. The van der Waals surface area contributed by atoms with Crippen LogP contribution in [-0.4, -0.2) is 33.1 Å². The summed E-state index contributed by atoms with van der Waals surface area (Å²) in [6, 6.07) is -0.403. The highest BCUT2D eigenvalue weighted by molar-refractivity contribution is 5.25. The fourth-order valence-electron chi connectivity index (χ4n) is 2.92. The minimum Gasteiger partial charge on any atom is -0.379 e. The minimum absolute atomic E-state index is 0.188. The van der Waals surface area contributed by atoms with Gasteiger partial charge in [-0.15, -0.1) is 0 Å². The van der Waals surface area contributed by atoms with Crippen LogP contribution in [0.15, 0.2) is 4.63 Å². The van der Waals surface area contributed by atoms with Crippen LogP contribution in [0.3, 0.4) is 0 Å². The first-order valence-electron chi connectivity index (χ1n) is 5.32. The number of aliphatic hydroxyl groups is 1. The Kier molecular flexibility index (Phi) is 1.84. The number of hydroxylamine groups is 2. The maximum absolute atomic E-state index is 11.3. The molecule has 7 heteroatoms. The molecule has 1 aliphatic heterocycles. The molecule has 0 spiro atoms. The summed E-state index contributed by atoms with van der Waals surface area (Å²) >= 11 is 0. The van der Waals surface area contributed by atoms with Crippen molar-refractivity contribution in [3.8, 4) is 0 Å². The predicted octanol–water partition coefficient (Wildman–Crippen LogP) is -0.849. The third-order valence-corrected chi connectivity index (χ3v) is 3.81. The van der Waals surface area contributed by atoms with Gasteiger partial charge in [0.25, 0.3) is 5.69 Å². The molecule has 2 heterocycles. The lowest BCUT2D eigenvalue weighted by Gasteiger charge is -2.33. The van der Waals surface area contributed by atoms with E-state index in [0.29, 0.717) is 30.0 Å². The van der Waals surface area contributed by atoms with Gasteiger partial charge in [0, 0.05) is 24.0 Å². The van der Waals surface area contributed by atoms with Gasteiger partial charge in [-0.1, -0.05) is 6.92 Å². The maximum Gasteiger partial charge on any atom is 0.254 e. The van der Waals surface area contributed by atoms with E-state index in [1.807, 2.05) is 6.92 Å². The number of rotatable bonds is 0. The van der Waals surface area contributed by atoms with Gasteiger partial charge in [-0.3, -0.25) is 4.63 Å². The third-order valence-electron chi connectivity index (χ3n) is 3.81. The molecule has 1 aromatic rings. The normalized spacial score (nSPS) is 38.4. The number of fused-ring (bicyclic) bond motifs is 3. The van der Waals surface area contributed by atoms with Gasteiger partial charge < -0.3 is 15.5 Å². The van der Waals surface area contributed by atoms with E-state index in [-0.39, 0.29) is 11.6 Å². The van der Waals surface area contributed by atoms with Crippen molar-refractivity contribution < 1.29 is 19.8 Å². The van der Waals surface area contributed by atoms with Crippen molar-refractivity contribution in [3.63, 3.8) is 0 Å². The second-order valence-corrected chi connectivity index (χ2v) is 4.63. The quantitative estimate of drug-likeness (QED) is 0.560. The molecule has 1 fully saturated rings. The van der Waals surface area contributed by atoms with E-state index < -0.39 is 11.6 Å². The van der Waals surface area contributed by atoms with Crippen LogP contribution in [0.25, 0.3) is 0 Å². The smallest absolute Gasteiger partial charge is 0.254 e. The molecule has 1 aromatic heterocycles.